The van der Waals surface area contributed by atoms with Crippen molar-refractivity contribution in [1.29, 1.82) is 0 Å². The number of halogens is 1. The summed E-state index contributed by atoms with van der Waals surface area (Å²) in [5.74, 6) is -1.42. The lowest BCUT2D eigenvalue weighted by Gasteiger charge is -2.10. The first-order valence-electron chi connectivity index (χ1n) is 5.86. The molecule has 0 radical (unpaired) electrons. The van der Waals surface area contributed by atoms with Crippen LogP contribution < -0.4 is 5.32 Å². The lowest BCUT2D eigenvalue weighted by Crippen LogP contribution is -2.18. The van der Waals surface area contributed by atoms with E-state index in [1.165, 1.54) is 0 Å². The maximum absolute atomic E-state index is 12.2. The third-order valence-electron chi connectivity index (χ3n) is 2.94. The van der Waals surface area contributed by atoms with Gasteiger partial charge in [-0.25, -0.2) is 4.79 Å². The quantitative estimate of drug-likeness (QED) is 0.904. The van der Waals surface area contributed by atoms with E-state index >= 15 is 0 Å². The van der Waals surface area contributed by atoms with E-state index in [2.05, 4.69) is 21.2 Å². The molecule has 20 heavy (non-hydrogen) atoms. The molecule has 104 valence electrons. The zero-order valence-corrected chi connectivity index (χ0v) is 12.6. The van der Waals surface area contributed by atoms with Crippen molar-refractivity contribution in [2.24, 2.45) is 7.05 Å². The smallest absolute Gasteiger partial charge is 0.338 e. The minimum Gasteiger partial charge on any atom is -0.478 e. The van der Waals surface area contributed by atoms with Crippen LogP contribution in [0, 0.1) is 6.92 Å². The van der Waals surface area contributed by atoms with E-state index in [0.29, 0.717) is 16.9 Å². The van der Waals surface area contributed by atoms with Crippen molar-refractivity contribution in [1.82, 2.24) is 4.57 Å². The van der Waals surface area contributed by atoms with Crippen LogP contribution in [0.25, 0.3) is 0 Å². The maximum Gasteiger partial charge on any atom is 0.338 e. The molecule has 0 aliphatic heterocycles. The van der Waals surface area contributed by atoms with Gasteiger partial charge in [0.25, 0.3) is 5.91 Å². The van der Waals surface area contributed by atoms with Gasteiger partial charge in [0.1, 0.15) is 5.69 Å². The van der Waals surface area contributed by atoms with Crippen LogP contribution in [-0.4, -0.2) is 21.6 Å². The van der Waals surface area contributed by atoms with Crippen LogP contribution in [0.4, 0.5) is 5.69 Å². The van der Waals surface area contributed by atoms with E-state index in [9.17, 15) is 14.7 Å². The average Bonchev–Trinajstić information content (AvgIpc) is 2.68. The van der Waals surface area contributed by atoms with Crippen LogP contribution in [0.5, 0.6) is 0 Å². The summed E-state index contributed by atoms with van der Waals surface area (Å²) in [5, 5.41) is 11.9. The Bertz CT molecular complexity index is 692. The topological polar surface area (TPSA) is 71.3 Å². The highest BCUT2D eigenvalue weighted by atomic mass is 79.9. The number of anilines is 1. The Labute approximate surface area is 124 Å². The second kappa shape index (κ2) is 5.50. The lowest BCUT2D eigenvalue weighted by molar-refractivity contribution is 0.0697. The summed E-state index contributed by atoms with van der Waals surface area (Å²) >= 11 is 3.29. The van der Waals surface area contributed by atoms with Gasteiger partial charge in [-0.15, -0.1) is 0 Å². The van der Waals surface area contributed by atoms with Gasteiger partial charge in [-0.3, -0.25) is 4.79 Å². The summed E-state index contributed by atoms with van der Waals surface area (Å²) in [5.41, 5.74) is 1.44. The molecule has 0 bridgehead atoms. The van der Waals surface area contributed by atoms with Crippen LogP contribution in [0.3, 0.4) is 0 Å². The number of nitrogens with one attached hydrogen (secondary N) is 1. The summed E-state index contributed by atoms with van der Waals surface area (Å²) < 4.78 is 2.45. The van der Waals surface area contributed by atoms with Crippen LogP contribution in [0.15, 0.2) is 34.9 Å². The first kappa shape index (κ1) is 14.3. The van der Waals surface area contributed by atoms with Gasteiger partial charge in [0.05, 0.1) is 11.3 Å². The van der Waals surface area contributed by atoms with Crippen LogP contribution >= 0.6 is 15.9 Å². The van der Waals surface area contributed by atoms with Crippen LogP contribution in [-0.2, 0) is 7.05 Å². The molecule has 0 aliphatic carbocycles. The Hall–Kier alpha value is -2.08. The zero-order valence-electron chi connectivity index (χ0n) is 11.0. The molecule has 0 fully saturated rings. The van der Waals surface area contributed by atoms with Crippen molar-refractivity contribution < 1.29 is 14.7 Å². The normalized spacial score (nSPS) is 10.3. The molecule has 0 atom stereocenters. The summed E-state index contributed by atoms with van der Waals surface area (Å²) in [7, 11) is 1.74. The number of hydrogen-bond acceptors (Lipinski definition) is 2. The second-order valence-corrected chi connectivity index (χ2v) is 5.33. The molecule has 2 N–H and O–H groups in total. The predicted molar refractivity (Wildman–Crippen MR) is 79.2 cm³/mol. The van der Waals surface area contributed by atoms with Crippen molar-refractivity contribution in [2.45, 2.75) is 6.92 Å². The fourth-order valence-corrected chi connectivity index (χ4v) is 2.52. The number of benzene rings is 1. The molecule has 6 heteroatoms. The van der Waals surface area contributed by atoms with E-state index in [0.717, 1.165) is 4.47 Å². The molecular weight excluding hydrogens is 324 g/mol. The molecule has 2 aromatic rings. The molecule has 1 amide bonds. The van der Waals surface area contributed by atoms with Crippen molar-refractivity contribution in [2.75, 3.05) is 5.32 Å². The Balaban J connectivity index is 2.36. The third kappa shape index (κ3) is 2.75. The van der Waals surface area contributed by atoms with Crippen molar-refractivity contribution in [3.8, 4) is 0 Å². The Kier molecular flexibility index (Phi) is 3.94. The standard InChI is InChI=1S/C14H13BrN2O3/c1-8-4-3-5-10(12(8)14(19)20)16-13(18)11-6-9(15)7-17(11)2/h3-7H,1-2H3,(H,16,18)(H,19,20). The summed E-state index contributed by atoms with van der Waals surface area (Å²) in [4.78, 5) is 23.5. The SMILES string of the molecule is Cc1cccc(NC(=O)c2cc(Br)cn2C)c1C(=O)O. The minimum atomic E-state index is -1.06. The van der Waals surface area contributed by atoms with Gasteiger partial charge in [-0.05, 0) is 40.5 Å². The fraction of sp³-hybridized carbons (Fsp3) is 0.143. The number of carboxylic acids is 1. The van der Waals surface area contributed by atoms with Gasteiger partial charge in [-0.2, -0.15) is 0 Å². The monoisotopic (exact) mass is 336 g/mol. The Morgan fingerprint density at radius 1 is 1.35 bits per heavy atom. The molecule has 0 aliphatic rings. The summed E-state index contributed by atoms with van der Waals surface area (Å²) in [6.45, 7) is 1.69. The van der Waals surface area contributed by atoms with E-state index in [1.54, 1.807) is 49.0 Å². The van der Waals surface area contributed by atoms with Crippen molar-refractivity contribution in [3.63, 3.8) is 0 Å². The van der Waals surface area contributed by atoms with Gasteiger partial charge in [-0.1, -0.05) is 12.1 Å². The van der Waals surface area contributed by atoms with Crippen molar-refractivity contribution in [3.05, 3.63) is 51.8 Å². The van der Waals surface area contributed by atoms with Crippen molar-refractivity contribution >= 4 is 33.5 Å². The highest BCUT2D eigenvalue weighted by molar-refractivity contribution is 9.10. The number of nitrogens with zero attached hydrogens (tertiary/aromatic N) is 1. The average molecular weight is 337 g/mol. The fourth-order valence-electron chi connectivity index (χ4n) is 1.99. The molecule has 0 saturated heterocycles. The number of carboxylic acid groups (broad SMARTS) is 1. The third-order valence-corrected chi connectivity index (χ3v) is 3.37. The minimum absolute atomic E-state index is 0.106. The van der Waals surface area contributed by atoms with Crippen LogP contribution in [0.2, 0.25) is 0 Å². The number of amides is 1. The molecule has 0 saturated carbocycles. The van der Waals surface area contributed by atoms with Gasteiger partial charge in [0.2, 0.25) is 0 Å². The van der Waals surface area contributed by atoms with Gasteiger partial charge in [0.15, 0.2) is 0 Å². The lowest BCUT2D eigenvalue weighted by atomic mass is 10.1. The molecule has 1 aromatic carbocycles. The van der Waals surface area contributed by atoms with Crippen LogP contribution in [0.1, 0.15) is 26.4 Å². The van der Waals surface area contributed by atoms with E-state index in [4.69, 9.17) is 0 Å². The van der Waals surface area contributed by atoms with E-state index < -0.39 is 5.97 Å². The van der Waals surface area contributed by atoms with Gasteiger partial charge >= 0.3 is 5.97 Å². The molecule has 0 spiro atoms. The molecule has 1 aromatic heterocycles. The molecular formula is C14H13BrN2O3. The predicted octanol–water partition coefficient (Wildman–Crippen LogP) is 3.05. The second-order valence-electron chi connectivity index (χ2n) is 4.41. The number of aromatic carboxylic acids is 1. The first-order chi connectivity index (χ1) is 9.40. The zero-order chi connectivity index (χ0) is 14.9. The maximum atomic E-state index is 12.2. The van der Waals surface area contributed by atoms with Gasteiger partial charge < -0.3 is 15.0 Å². The number of rotatable bonds is 3. The van der Waals surface area contributed by atoms with E-state index in [-0.39, 0.29) is 11.5 Å². The number of carbonyl (C=O) groups is 2. The summed E-state index contributed by atoms with van der Waals surface area (Å²) in [6.07, 6.45) is 1.75. The number of hydrogen-bond donors (Lipinski definition) is 2. The highest BCUT2D eigenvalue weighted by Gasteiger charge is 2.17. The Morgan fingerprint density at radius 2 is 2.05 bits per heavy atom. The molecule has 1 heterocycles. The number of aryl methyl sites for hydroxylation is 2. The number of carbonyl (C=O) groups excluding carboxylic acids is 1. The molecule has 0 unspecified atom stereocenters. The Morgan fingerprint density at radius 3 is 2.60 bits per heavy atom. The first-order valence-corrected chi connectivity index (χ1v) is 6.65. The highest BCUT2D eigenvalue weighted by Crippen LogP contribution is 2.21. The van der Waals surface area contributed by atoms with Gasteiger partial charge in [0, 0.05) is 17.7 Å². The number of aromatic nitrogens is 1. The van der Waals surface area contributed by atoms with E-state index in [1.807, 2.05) is 0 Å². The summed E-state index contributed by atoms with van der Waals surface area (Å²) in [6, 6.07) is 6.65. The largest absolute Gasteiger partial charge is 0.478 e. The molecule has 5 nitrogen and oxygen atoms in total. The molecule has 2 rings (SSSR count).